The summed E-state index contributed by atoms with van der Waals surface area (Å²) in [5.41, 5.74) is 3.23. The van der Waals surface area contributed by atoms with E-state index < -0.39 is 0 Å². The summed E-state index contributed by atoms with van der Waals surface area (Å²) in [5, 5.41) is 12.5. The van der Waals surface area contributed by atoms with Gasteiger partial charge in [-0.2, -0.15) is 5.26 Å². The molecule has 0 bridgehead atoms. The van der Waals surface area contributed by atoms with E-state index >= 15 is 0 Å². The SMILES string of the molecule is Cc1ncncc1Nc1nc(C2CCCC2)ccc1C#N. The Morgan fingerprint density at radius 3 is 2.81 bits per heavy atom. The van der Waals surface area contributed by atoms with Crippen LogP contribution in [0.5, 0.6) is 0 Å². The molecule has 0 unspecified atom stereocenters. The molecule has 5 heteroatoms. The second-order valence-electron chi connectivity index (χ2n) is 5.37. The van der Waals surface area contributed by atoms with Crippen LogP contribution in [-0.2, 0) is 0 Å². The van der Waals surface area contributed by atoms with E-state index in [4.69, 9.17) is 0 Å². The van der Waals surface area contributed by atoms with Gasteiger partial charge in [-0.25, -0.2) is 15.0 Å². The topological polar surface area (TPSA) is 74.5 Å². The molecule has 0 radical (unpaired) electrons. The van der Waals surface area contributed by atoms with Crippen LogP contribution in [0.25, 0.3) is 0 Å². The van der Waals surface area contributed by atoms with E-state index in [-0.39, 0.29) is 0 Å². The molecule has 0 atom stereocenters. The van der Waals surface area contributed by atoms with Crippen molar-refractivity contribution in [2.45, 2.75) is 38.5 Å². The van der Waals surface area contributed by atoms with Crippen molar-refractivity contribution in [1.82, 2.24) is 15.0 Å². The van der Waals surface area contributed by atoms with Gasteiger partial charge in [0.15, 0.2) is 0 Å². The molecule has 0 saturated heterocycles. The van der Waals surface area contributed by atoms with E-state index in [0.717, 1.165) is 17.1 Å². The number of nitriles is 1. The van der Waals surface area contributed by atoms with E-state index in [1.165, 1.54) is 32.0 Å². The molecule has 0 aromatic carbocycles. The van der Waals surface area contributed by atoms with Crippen LogP contribution >= 0.6 is 0 Å². The predicted molar refractivity (Wildman–Crippen MR) is 80.2 cm³/mol. The first-order valence-electron chi connectivity index (χ1n) is 7.22. The highest BCUT2D eigenvalue weighted by Gasteiger charge is 2.19. The van der Waals surface area contributed by atoms with Gasteiger partial charge in [0.05, 0.1) is 23.1 Å². The normalized spacial score (nSPS) is 14.9. The lowest BCUT2D eigenvalue weighted by Crippen LogP contribution is -2.04. The molecule has 2 aromatic rings. The average Bonchev–Trinajstić information content (AvgIpc) is 3.04. The third kappa shape index (κ3) is 2.84. The maximum atomic E-state index is 9.26. The molecule has 106 valence electrons. The van der Waals surface area contributed by atoms with Gasteiger partial charge in [0.1, 0.15) is 18.2 Å². The zero-order valence-corrected chi connectivity index (χ0v) is 12.0. The van der Waals surface area contributed by atoms with Crippen LogP contribution in [0.1, 0.15) is 48.6 Å². The Labute approximate surface area is 124 Å². The lowest BCUT2D eigenvalue weighted by Gasteiger charge is -2.13. The number of anilines is 2. The molecule has 0 spiro atoms. The number of aromatic nitrogens is 3. The molecule has 1 fully saturated rings. The first-order chi connectivity index (χ1) is 10.3. The second-order valence-corrected chi connectivity index (χ2v) is 5.37. The Hall–Kier alpha value is -2.48. The van der Waals surface area contributed by atoms with Gasteiger partial charge in [-0.15, -0.1) is 0 Å². The molecular formula is C16H17N5. The highest BCUT2D eigenvalue weighted by atomic mass is 15.0. The molecule has 1 N–H and O–H groups in total. The molecule has 21 heavy (non-hydrogen) atoms. The minimum atomic E-state index is 0.520. The van der Waals surface area contributed by atoms with Gasteiger partial charge in [-0.05, 0) is 31.9 Å². The summed E-state index contributed by atoms with van der Waals surface area (Å²) in [7, 11) is 0. The van der Waals surface area contributed by atoms with E-state index in [9.17, 15) is 5.26 Å². The summed E-state index contributed by atoms with van der Waals surface area (Å²) in [6.45, 7) is 1.90. The fourth-order valence-corrected chi connectivity index (χ4v) is 2.75. The number of hydrogen-bond acceptors (Lipinski definition) is 5. The van der Waals surface area contributed by atoms with Gasteiger partial charge in [0.25, 0.3) is 0 Å². The summed E-state index contributed by atoms with van der Waals surface area (Å²) in [5.74, 6) is 1.12. The first-order valence-corrected chi connectivity index (χ1v) is 7.22. The Kier molecular flexibility index (Phi) is 3.78. The van der Waals surface area contributed by atoms with Crippen LogP contribution in [0, 0.1) is 18.3 Å². The maximum Gasteiger partial charge on any atom is 0.148 e. The quantitative estimate of drug-likeness (QED) is 0.931. The first kappa shape index (κ1) is 13.5. The third-order valence-electron chi connectivity index (χ3n) is 3.98. The highest BCUT2D eigenvalue weighted by Crippen LogP contribution is 2.34. The van der Waals surface area contributed by atoms with Crippen LogP contribution < -0.4 is 5.32 Å². The standard InChI is InChI=1S/C16H17N5/c1-11-15(9-18-10-19-11)21-16-13(8-17)6-7-14(20-16)12-4-2-3-5-12/h6-7,9-10,12H,2-5H2,1H3,(H,20,21). The molecule has 0 amide bonds. The maximum absolute atomic E-state index is 9.26. The van der Waals surface area contributed by atoms with Crippen LogP contribution in [0.15, 0.2) is 24.7 Å². The van der Waals surface area contributed by atoms with Crippen molar-refractivity contribution in [1.29, 1.82) is 5.26 Å². The zero-order valence-electron chi connectivity index (χ0n) is 12.0. The molecule has 3 rings (SSSR count). The van der Waals surface area contributed by atoms with Gasteiger partial charge in [-0.3, -0.25) is 0 Å². The minimum Gasteiger partial charge on any atom is -0.336 e. The van der Waals surface area contributed by atoms with Crippen LogP contribution in [-0.4, -0.2) is 15.0 Å². The predicted octanol–water partition coefficient (Wildman–Crippen LogP) is 3.45. The number of nitrogens with zero attached hydrogens (tertiary/aromatic N) is 4. The average molecular weight is 279 g/mol. The summed E-state index contributed by atoms with van der Waals surface area (Å²) in [4.78, 5) is 12.8. The number of hydrogen-bond donors (Lipinski definition) is 1. The summed E-state index contributed by atoms with van der Waals surface area (Å²) >= 11 is 0. The van der Waals surface area contributed by atoms with Gasteiger partial charge < -0.3 is 5.32 Å². The Morgan fingerprint density at radius 1 is 1.29 bits per heavy atom. The summed E-state index contributed by atoms with van der Waals surface area (Å²) in [6, 6.07) is 6.02. The largest absolute Gasteiger partial charge is 0.336 e. The van der Waals surface area contributed by atoms with Crippen molar-refractivity contribution in [3.8, 4) is 6.07 Å². The van der Waals surface area contributed by atoms with Crippen LogP contribution in [0.2, 0.25) is 0 Å². The Morgan fingerprint density at radius 2 is 2.10 bits per heavy atom. The van der Waals surface area contributed by atoms with Gasteiger partial charge in [0, 0.05) is 11.6 Å². The Balaban J connectivity index is 1.94. The Bertz CT molecular complexity index is 683. The minimum absolute atomic E-state index is 0.520. The van der Waals surface area contributed by atoms with Crippen molar-refractivity contribution in [3.05, 3.63) is 41.6 Å². The lowest BCUT2D eigenvalue weighted by atomic mass is 10.0. The molecule has 1 aliphatic carbocycles. The van der Waals surface area contributed by atoms with E-state index in [2.05, 4.69) is 26.3 Å². The van der Waals surface area contributed by atoms with Gasteiger partial charge >= 0.3 is 0 Å². The van der Waals surface area contributed by atoms with E-state index in [1.807, 2.05) is 19.1 Å². The van der Waals surface area contributed by atoms with E-state index in [1.54, 1.807) is 6.20 Å². The third-order valence-corrected chi connectivity index (χ3v) is 3.98. The fraction of sp³-hybridized carbons (Fsp3) is 0.375. The molecule has 5 nitrogen and oxygen atoms in total. The van der Waals surface area contributed by atoms with Gasteiger partial charge in [-0.1, -0.05) is 12.8 Å². The monoisotopic (exact) mass is 279 g/mol. The molecule has 0 aliphatic heterocycles. The van der Waals surface area contributed by atoms with Crippen molar-refractivity contribution in [3.63, 3.8) is 0 Å². The molecule has 1 aliphatic rings. The van der Waals surface area contributed by atoms with Gasteiger partial charge in [0.2, 0.25) is 0 Å². The van der Waals surface area contributed by atoms with Crippen LogP contribution in [0.3, 0.4) is 0 Å². The molecule has 2 heterocycles. The van der Waals surface area contributed by atoms with E-state index in [0.29, 0.717) is 17.3 Å². The lowest BCUT2D eigenvalue weighted by molar-refractivity contribution is 0.698. The fourth-order valence-electron chi connectivity index (χ4n) is 2.75. The summed E-state index contributed by atoms with van der Waals surface area (Å²) < 4.78 is 0. The second kappa shape index (κ2) is 5.88. The molecular weight excluding hydrogens is 262 g/mol. The van der Waals surface area contributed by atoms with Crippen molar-refractivity contribution < 1.29 is 0 Å². The van der Waals surface area contributed by atoms with Crippen molar-refractivity contribution >= 4 is 11.5 Å². The number of nitrogens with one attached hydrogen (secondary N) is 1. The highest BCUT2D eigenvalue weighted by molar-refractivity contribution is 5.63. The van der Waals surface area contributed by atoms with Crippen LogP contribution in [0.4, 0.5) is 11.5 Å². The number of pyridine rings is 1. The number of aryl methyl sites for hydroxylation is 1. The zero-order chi connectivity index (χ0) is 14.7. The smallest absolute Gasteiger partial charge is 0.148 e. The summed E-state index contributed by atoms with van der Waals surface area (Å²) in [6.07, 6.45) is 8.11. The number of rotatable bonds is 3. The molecule has 1 saturated carbocycles. The van der Waals surface area contributed by atoms with Crippen molar-refractivity contribution in [2.75, 3.05) is 5.32 Å². The molecule has 2 aromatic heterocycles. The van der Waals surface area contributed by atoms with Crippen molar-refractivity contribution in [2.24, 2.45) is 0 Å².